The van der Waals surface area contributed by atoms with Gasteiger partial charge in [-0.3, -0.25) is 0 Å². The van der Waals surface area contributed by atoms with Gasteiger partial charge in [0, 0.05) is 14.1 Å². The van der Waals surface area contributed by atoms with Gasteiger partial charge in [-0.2, -0.15) is 0 Å². The number of carbonyl (C=O) groups excluding carboxylic acids is 2. The van der Waals surface area contributed by atoms with Crippen molar-refractivity contribution in [3.8, 4) is 0 Å². The number of anilines is 2. The minimum absolute atomic E-state index is 0.294. The summed E-state index contributed by atoms with van der Waals surface area (Å²) >= 11 is 0. The van der Waals surface area contributed by atoms with E-state index in [4.69, 9.17) is 10.5 Å². The Balaban J connectivity index is 2.75. The van der Waals surface area contributed by atoms with Crippen LogP contribution in [0.1, 0.15) is 10.4 Å². The number of nitrogens with zero attached hydrogens (tertiary/aromatic N) is 1. The zero-order valence-corrected chi connectivity index (χ0v) is 10.6. The number of hydrogen-bond donors (Lipinski definition) is 1. The number of rotatable bonds is 4. The molecule has 6 nitrogen and oxygen atoms in total. The minimum atomic E-state index is -0.614. The highest BCUT2D eigenvalue weighted by Crippen LogP contribution is 2.22. The Morgan fingerprint density at radius 2 is 2.00 bits per heavy atom. The fourth-order valence-electron chi connectivity index (χ4n) is 1.36. The first kappa shape index (κ1) is 13.8. The number of carbonyl (C=O) groups is 2. The summed E-state index contributed by atoms with van der Waals surface area (Å²) in [5.41, 5.74) is 7.37. The highest BCUT2D eigenvalue weighted by Gasteiger charge is 2.12. The molecule has 0 radical (unpaired) electrons. The highest BCUT2D eigenvalue weighted by atomic mass is 16.6. The van der Waals surface area contributed by atoms with Crippen LogP contribution < -0.4 is 10.6 Å². The van der Waals surface area contributed by atoms with Gasteiger partial charge in [0.2, 0.25) is 0 Å². The lowest BCUT2D eigenvalue weighted by molar-refractivity contribution is -0.144. The molecule has 0 aliphatic carbocycles. The second-order valence-corrected chi connectivity index (χ2v) is 3.82. The fourth-order valence-corrected chi connectivity index (χ4v) is 1.36. The molecule has 2 N–H and O–H groups in total. The van der Waals surface area contributed by atoms with E-state index in [0.29, 0.717) is 11.3 Å². The van der Waals surface area contributed by atoms with E-state index >= 15 is 0 Å². The van der Waals surface area contributed by atoms with Gasteiger partial charge in [0.05, 0.1) is 24.0 Å². The lowest BCUT2D eigenvalue weighted by Crippen LogP contribution is -2.16. The third-order valence-electron chi connectivity index (χ3n) is 2.29. The second-order valence-electron chi connectivity index (χ2n) is 3.82. The van der Waals surface area contributed by atoms with Crippen LogP contribution in [0.15, 0.2) is 18.2 Å². The molecule has 0 heterocycles. The normalized spacial score (nSPS) is 9.72. The number of esters is 2. The first-order chi connectivity index (χ1) is 8.45. The Bertz CT molecular complexity index is 457. The summed E-state index contributed by atoms with van der Waals surface area (Å²) in [4.78, 5) is 24.3. The molecule has 0 bridgehead atoms. The van der Waals surface area contributed by atoms with Gasteiger partial charge in [-0.1, -0.05) is 0 Å². The lowest BCUT2D eigenvalue weighted by atomic mass is 10.1. The molecule has 0 atom stereocenters. The van der Waals surface area contributed by atoms with Gasteiger partial charge in [-0.05, 0) is 18.2 Å². The third kappa shape index (κ3) is 3.38. The zero-order valence-electron chi connectivity index (χ0n) is 10.6. The van der Waals surface area contributed by atoms with Gasteiger partial charge in [0.25, 0.3) is 0 Å². The van der Waals surface area contributed by atoms with Gasteiger partial charge < -0.3 is 20.1 Å². The topological polar surface area (TPSA) is 81.9 Å². The van der Waals surface area contributed by atoms with Crippen LogP contribution in [0.2, 0.25) is 0 Å². The molecule has 0 saturated heterocycles. The largest absolute Gasteiger partial charge is 0.466 e. The summed E-state index contributed by atoms with van der Waals surface area (Å²) in [6.07, 6.45) is 0. The van der Waals surface area contributed by atoms with Crippen molar-refractivity contribution in [1.82, 2.24) is 0 Å². The maximum absolute atomic E-state index is 11.6. The average molecular weight is 252 g/mol. The van der Waals surface area contributed by atoms with E-state index in [2.05, 4.69) is 4.74 Å². The van der Waals surface area contributed by atoms with E-state index in [1.54, 1.807) is 12.1 Å². The molecule has 0 amide bonds. The highest BCUT2D eigenvalue weighted by molar-refractivity contribution is 5.93. The van der Waals surface area contributed by atoms with Crippen molar-refractivity contribution in [1.29, 1.82) is 0 Å². The van der Waals surface area contributed by atoms with E-state index in [9.17, 15) is 9.59 Å². The molecule has 0 aliphatic rings. The van der Waals surface area contributed by atoms with E-state index in [0.717, 1.165) is 5.69 Å². The number of methoxy groups -OCH3 is 1. The molecule has 0 spiro atoms. The molecule has 1 aromatic rings. The minimum Gasteiger partial charge on any atom is -0.466 e. The molecule has 6 heteroatoms. The number of ether oxygens (including phenoxy) is 2. The van der Waals surface area contributed by atoms with Crippen molar-refractivity contribution in [2.24, 2.45) is 0 Å². The summed E-state index contributed by atoms with van der Waals surface area (Å²) in [6.45, 7) is -0.412. The van der Waals surface area contributed by atoms with Crippen LogP contribution in [-0.4, -0.2) is 39.8 Å². The van der Waals surface area contributed by atoms with Crippen molar-refractivity contribution in [2.75, 3.05) is 38.4 Å². The molecule has 98 valence electrons. The summed E-state index contributed by atoms with van der Waals surface area (Å²) < 4.78 is 9.12. The molecule has 1 rings (SSSR count). The van der Waals surface area contributed by atoms with Crippen molar-refractivity contribution in [3.05, 3.63) is 23.8 Å². The van der Waals surface area contributed by atoms with Crippen LogP contribution in [0.25, 0.3) is 0 Å². The monoisotopic (exact) mass is 252 g/mol. The summed E-state index contributed by atoms with van der Waals surface area (Å²) in [6, 6.07) is 4.81. The summed E-state index contributed by atoms with van der Waals surface area (Å²) in [5, 5.41) is 0. The Morgan fingerprint density at radius 1 is 1.33 bits per heavy atom. The standard InChI is InChI=1S/C12H16N2O4/c1-14(2)10-5-4-8(6-9(10)13)12(16)18-7-11(15)17-3/h4-6H,7,13H2,1-3H3. The molecule has 0 unspecified atom stereocenters. The second kappa shape index (κ2) is 5.90. The van der Waals surface area contributed by atoms with Crippen LogP contribution in [0.3, 0.4) is 0 Å². The van der Waals surface area contributed by atoms with Crippen LogP contribution in [0, 0.1) is 0 Å². The first-order valence-corrected chi connectivity index (χ1v) is 5.26. The van der Waals surface area contributed by atoms with Crippen LogP contribution >= 0.6 is 0 Å². The van der Waals surface area contributed by atoms with Gasteiger partial charge in [0.15, 0.2) is 6.61 Å². The predicted molar refractivity (Wildman–Crippen MR) is 67.5 cm³/mol. The van der Waals surface area contributed by atoms with Crippen LogP contribution in [-0.2, 0) is 14.3 Å². The third-order valence-corrected chi connectivity index (χ3v) is 2.29. The molecule has 0 aromatic heterocycles. The van der Waals surface area contributed by atoms with Crippen molar-refractivity contribution < 1.29 is 19.1 Å². The van der Waals surface area contributed by atoms with E-state index in [1.165, 1.54) is 13.2 Å². The SMILES string of the molecule is COC(=O)COC(=O)c1ccc(N(C)C)c(N)c1. The van der Waals surface area contributed by atoms with Crippen molar-refractivity contribution >= 4 is 23.3 Å². The maximum Gasteiger partial charge on any atom is 0.344 e. The predicted octanol–water partition coefficient (Wildman–Crippen LogP) is 0.665. The van der Waals surface area contributed by atoms with Crippen LogP contribution in [0.5, 0.6) is 0 Å². The van der Waals surface area contributed by atoms with Gasteiger partial charge in [-0.25, -0.2) is 9.59 Å². The summed E-state index contributed by atoms with van der Waals surface area (Å²) in [5.74, 6) is -1.22. The number of benzene rings is 1. The van der Waals surface area contributed by atoms with Gasteiger partial charge in [0.1, 0.15) is 0 Å². The Morgan fingerprint density at radius 3 is 2.50 bits per heavy atom. The van der Waals surface area contributed by atoms with Gasteiger partial charge in [-0.15, -0.1) is 0 Å². The zero-order chi connectivity index (χ0) is 13.7. The fraction of sp³-hybridized carbons (Fsp3) is 0.333. The molecule has 18 heavy (non-hydrogen) atoms. The molecule has 0 fully saturated rings. The number of hydrogen-bond acceptors (Lipinski definition) is 6. The molecule has 0 aliphatic heterocycles. The van der Waals surface area contributed by atoms with E-state index in [-0.39, 0.29) is 0 Å². The lowest BCUT2D eigenvalue weighted by Gasteiger charge is -2.15. The Kier molecular flexibility index (Phi) is 4.53. The molecule has 0 saturated carbocycles. The van der Waals surface area contributed by atoms with Crippen molar-refractivity contribution in [3.63, 3.8) is 0 Å². The van der Waals surface area contributed by atoms with E-state index < -0.39 is 18.5 Å². The number of nitrogens with two attached hydrogens (primary N) is 1. The smallest absolute Gasteiger partial charge is 0.344 e. The van der Waals surface area contributed by atoms with Crippen LogP contribution in [0.4, 0.5) is 11.4 Å². The number of nitrogen functional groups attached to an aromatic ring is 1. The Hall–Kier alpha value is -2.24. The average Bonchev–Trinajstić information content (AvgIpc) is 2.34. The molecular weight excluding hydrogens is 236 g/mol. The van der Waals surface area contributed by atoms with Crippen molar-refractivity contribution in [2.45, 2.75) is 0 Å². The Labute approximate surface area is 105 Å². The summed E-state index contributed by atoms with van der Waals surface area (Å²) in [7, 11) is 4.92. The maximum atomic E-state index is 11.6. The van der Waals surface area contributed by atoms with Gasteiger partial charge >= 0.3 is 11.9 Å². The first-order valence-electron chi connectivity index (χ1n) is 5.26. The molecular formula is C12H16N2O4. The quantitative estimate of drug-likeness (QED) is 0.626. The van der Waals surface area contributed by atoms with E-state index in [1.807, 2.05) is 19.0 Å². The molecule has 1 aromatic carbocycles.